The van der Waals surface area contributed by atoms with Crippen LogP contribution in [-0.4, -0.2) is 34.8 Å². The van der Waals surface area contributed by atoms with Gasteiger partial charge in [-0.05, 0) is 50.9 Å². The Morgan fingerprint density at radius 3 is 2.81 bits per heavy atom. The molecular formula is C13H23N3. The van der Waals surface area contributed by atoms with Crippen molar-refractivity contribution in [1.82, 2.24) is 14.7 Å². The van der Waals surface area contributed by atoms with Crippen LogP contribution in [0.15, 0.2) is 12.4 Å². The minimum absolute atomic E-state index is 0.585. The third-order valence-corrected chi connectivity index (χ3v) is 3.58. The summed E-state index contributed by atoms with van der Waals surface area (Å²) >= 11 is 0. The van der Waals surface area contributed by atoms with E-state index >= 15 is 0 Å². The predicted molar refractivity (Wildman–Crippen MR) is 66.7 cm³/mol. The van der Waals surface area contributed by atoms with Crippen LogP contribution in [0.3, 0.4) is 0 Å². The van der Waals surface area contributed by atoms with Gasteiger partial charge in [0.1, 0.15) is 0 Å². The monoisotopic (exact) mass is 221 g/mol. The number of hydrogen-bond donors (Lipinski definition) is 0. The lowest BCUT2D eigenvalue weighted by Gasteiger charge is -2.15. The summed E-state index contributed by atoms with van der Waals surface area (Å²) in [6, 6.07) is 0.609. The average Bonchev–Trinajstić information content (AvgIpc) is 2.63. The summed E-state index contributed by atoms with van der Waals surface area (Å²) in [5.41, 5.74) is 1.36. The predicted octanol–water partition coefficient (Wildman–Crippen LogP) is 2.66. The van der Waals surface area contributed by atoms with Gasteiger partial charge in [-0.3, -0.25) is 4.68 Å². The fourth-order valence-electron chi connectivity index (χ4n) is 2.34. The first kappa shape index (κ1) is 11.6. The smallest absolute Gasteiger partial charge is 0.0532 e. The Kier molecular flexibility index (Phi) is 3.64. The van der Waals surface area contributed by atoms with Crippen molar-refractivity contribution in [2.24, 2.45) is 0 Å². The van der Waals surface area contributed by atoms with Crippen LogP contribution in [0.5, 0.6) is 0 Å². The van der Waals surface area contributed by atoms with Crippen molar-refractivity contribution in [3.63, 3.8) is 0 Å². The summed E-state index contributed by atoms with van der Waals surface area (Å²) in [7, 11) is 2.21. The largest absolute Gasteiger partial charge is 0.306 e. The summed E-state index contributed by atoms with van der Waals surface area (Å²) in [6.45, 7) is 6.88. The molecule has 1 saturated heterocycles. The van der Waals surface area contributed by atoms with Crippen LogP contribution in [0.1, 0.15) is 50.6 Å². The molecule has 1 aliphatic rings. The van der Waals surface area contributed by atoms with E-state index in [2.05, 4.69) is 41.8 Å². The van der Waals surface area contributed by atoms with Crippen molar-refractivity contribution < 1.29 is 0 Å². The molecule has 3 nitrogen and oxygen atoms in total. The van der Waals surface area contributed by atoms with E-state index < -0.39 is 0 Å². The van der Waals surface area contributed by atoms with Crippen molar-refractivity contribution >= 4 is 0 Å². The zero-order valence-corrected chi connectivity index (χ0v) is 10.7. The van der Waals surface area contributed by atoms with Gasteiger partial charge >= 0.3 is 0 Å². The first-order valence-corrected chi connectivity index (χ1v) is 6.39. The van der Waals surface area contributed by atoms with Crippen molar-refractivity contribution in [3.05, 3.63) is 18.0 Å². The maximum Gasteiger partial charge on any atom is 0.0532 e. The SMILES string of the molecule is CC(C)c1cnn(C2CCCN(C)CC2)c1. The fourth-order valence-corrected chi connectivity index (χ4v) is 2.34. The molecule has 90 valence electrons. The Labute approximate surface area is 98.4 Å². The zero-order chi connectivity index (χ0) is 11.5. The molecule has 1 atom stereocenters. The molecule has 0 N–H and O–H groups in total. The molecule has 1 aliphatic heterocycles. The van der Waals surface area contributed by atoms with Gasteiger partial charge in [0.05, 0.1) is 12.2 Å². The number of hydrogen-bond acceptors (Lipinski definition) is 2. The molecule has 16 heavy (non-hydrogen) atoms. The molecule has 1 aromatic rings. The van der Waals surface area contributed by atoms with E-state index in [-0.39, 0.29) is 0 Å². The van der Waals surface area contributed by atoms with Crippen LogP contribution in [0.25, 0.3) is 0 Å². The van der Waals surface area contributed by atoms with E-state index in [0.29, 0.717) is 12.0 Å². The van der Waals surface area contributed by atoms with Gasteiger partial charge < -0.3 is 4.90 Å². The van der Waals surface area contributed by atoms with E-state index in [1.54, 1.807) is 0 Å². The average molecular weight is 221 g/mol. The molecule has 1 unspecified atom stereocenters. The van der Waals surface area contributed by atoms with E-state index in [0.717, 1.165) is 0 Å². The van der Waals surface area contributed by atoms with Gasteiger partial charge in [0.25, 0.3) is 0 Å². The van der Waals surface area contributed by atoms with Crippen molar-refractivity contribution in [2.45, 2.75) is 45.1 Å². The van der Waals surface area contributed by atoms with Gasteiger partial charge in [-0.1, -0.05) is 13.8 Å². The molecule has 0 radical (unpaired) electrons. The van der Waals surface area contributed by atoms with Gasteiger partial charge in [0.2, 0.25) is 0 Å². The number of nitrogens with zero attached hydrogens (tertiary/aromatic N) is 3. The van der Waals surface area contributed by atoms with Gasteiger partial charge in [-0.15, -0.1) is 0 Å². The van der Waals surface area contributed by atoms with Gasteiger partial charge in [0, 0.05) is 6.20 Å². The van der Waals surface area contributed by atoms with Crippen LogP contribution in [0.2, 0.25) is 0 Å². The van der Waals surface area contributed by atoms with Gasteiger partial charge in [-0.25, -0.2) is 0 Å². The van der Waals surface area contributed by atoms with Gasteiger partial charge in [0.15, 0.2) is 0 Å². The highest BCUT2D eigenvalue weighted by Gasteiger charge is 2.17. The molecule has 1 fully saturated rings. The molecule has 0 aromatic carbocycles. The second-order valence-corrected chi connectivity index (χ2v) is 5.30. The maximum absolute atomic E-state index is 4.53. The Bertz CT molecular complexity index is 330. The van der Waals surface area contributed by atoms with Gasteiger partial charge in [-0.2, -0.15) is 5.10 Å². The normalized spacial score (nSPS) is 23.6. The molecular weight excluding hydrogens is 198 g/mol. The molecule has 0 spiro atoms. The highest BCUT2D eigenvalue weighted by Crippen LogP contribution is 2.23. The zero-order valence-electron chi connectivity index (χ0n) is 10.7. The molecule has 2 heterocycles. The molecule has 0 saturated carbocycles. The fraction of sp³-hybridized carbons (Fsp3) is 0.769. The van der Waals surface area contributed by atoms with Crippen LogP contribution in [0.4, 0.5) is 0 Å². The minimum Gasteiger partial charge on any atom is -0.306 e. The Morgan fingerprint density at radius 2 is 2.12 bits per heavy atom. The third-order valence-electron chi connectivity index (χ3n) is 3.58. The Morgan fingerprint density at radius 1 is 1.31 bits per heavy atom. The summed E-state index contributed by atoms with van der Waals surface area (Å²) in [5, 5.41) is 4.53. The molecule has 1 aromatic heterocycles. The van der Waals surface area contributed by atoms with E-state index in [1.807, 2.05) is 6.20 Å². The molecule has 3 heteroatoms. The lowest BCUT2D eigenvalue weighted by Crippen LogP contribution is -2.19. The number of rotatable bonds is 2. The number of likely N-dealkylation sites (tertiary alicyclic amines) is 1. The first-order chi connectivity index (χ1) is 7.66. The van der Waals surface area contributed by atoms with Crippen LogP contribution in [0, 0.1) is 0 Å². The summed E-state index contributed by atoms with van der Waals surface area (Å²) in [6.07, 6.45) is 8.05. The second kappa shape index (κ2) is 5.00. The van der Waals surface area contributed by atoms with Crippen molar-refractivity contribution in [2.75, 3.05) is 20.1 Å². The lowest BCUT2D eigenvalue weighted by atomic mass is 10.1. The quantitative estimate of drug-likeness (QED) is 0.765. The second-order valence-electron chi connectivity index (χ2n) is 5.30. The lowest BCUT2D eigenvalue weighted by molar-refractivity contribution is 0.337. The van der Waals surface area contributed by atoms with Crippen molar-refractivity contribution in [3.8, 4) is 0 Å². The van der Waals surface area contributed by atoms with E-state index in [4.69, 9.17) is 0 Å². The van der Waals surface area contributed by atoms with Crippen LogP contribution < -0.4 is 0 Å². The maximum atomic E-state index is 4.53. The minimum atomic E-state index is 0.585. The summed E-state index contributed by atoms with van der Waals surface area (Å²) in [5.74, 6) is 0.585. The summed E-state index contributed by atoms with van der Waals surface area (Å²) in [4.78, 5) is 2.42. The van der Waals surface area contributed by atoms with E-state index in [9.17, 15) is 0 Å². The molecule has 0 bridgehead atoms. The summed E-state index contributed by atoms with van der Waals surface area (Å²) < 4.78 is 2.19. The van der Waals surface area contributed by atoms with Crippen LogP contribution in [-0.2, 0) is 0 Å². The third kappa shape index (κ3) is 2.64. The highest BCUT2D eigenvalue weighted by molar-refractivity contribution is 5.09. The number of aromatic nitrogens is 2. The molecule has 0 aliphatic carbocycles. The van der Waals surface area contributed by atoms with Crippen molar-refractivity contribution in [1.29, 1.82) is 0 Å². The standard InChI is InChI=1S/C13H23N3/c1-11(2)12-9-14-16(10-12)13-5-4-7-15(3)8-6-13/h9-11,13H,4-8H2,1-3H3. The van der Waals surface area contributed by atoms with Crippen LogP contribution >= 0.6 is 0 Å². The molecule has 2 rings (SSSR count). The topological polar surface area (TPSA) is 21.1 Å². The Balaban J connectivity index is 2.05. The molecule has 0 amide bonds. The highest BCUT2D eigenvalue weighted by atomic mass is 15.3. The Hall–Kier alpha value is -0.830. The first-order valence-electron chi connectivity index (χ1n) is 6.39. The van der Waals surface area contributed by atoms with E-state index in [1.165, 1.54) is 37.9 Å².